The average Bonchev–Trinajstić information content (AvgIpc) is 3.03. The Labute approximate surface area is 121 Å². The lowest BCUT2D eigenvalue weighted by Gasteiger charge is -2.03. The molecule has 108 valence electrons. The third-order valence-corrected chi connectivity index (χ3v) is 3.43. The van der Waals surface area contributed by atoms with Gasteiger partial charge in [-0.2, -0.15) is 0 Å². The highest BCUT2D eigenvalue weighted by atomic mass is 16.5. The van der Waals surface area contributed by atoms with E-state index >= 15 is 0 Å². The van der Waals surface area contributed by atoms with E-state index in [0.29, 0.717) is 35.8 Å². The van der Waals surface area contributed by atoms with Crippen molar-refractivity contribution in [2.45, 2.75) is 20.4 Å². The van der Waals surface area contributed by atoms with Crippen molar-refractivity contribution in [1.29, 1.82) is 0 Å². The highest BCUT2D eigenvalue weighted by Gasteiger charge is 2.25. The zero-order valence-electron chi connectivity index (χ0n) is 11.8. The predicted molar refractivity (Wildman–Crippen MR) is 75.9 cm³/mol. The van der Waals surface area contributed by atoms with Crippen LogP contribution >= 0.6 is 0 Å². The van der Waals surface area contributed by atoms with Gasteiger partial charge in [0.25, 0.3) is 5.91 Å². The van der Waals surface area contributed by atoms with Gasteiger partial charge in [0.1, 0.15) is 5.82 Å². The summed E-state index contributed by atoms with van der Waals surface area (Å²) in [5, 5.41) is 2.79. The zero-order chi connectivity index (χ0) is 15.0. The molecule has 2 aromatic rings. The van der Waals surface area contributed by atoms with Gasteiger partial charge in [0.05, 0.1) is 12.2 Å². The van der Waals surface area contributed by atoms with Crippen molar-refractivity contribution in [1.82, 2.24) is 15.3 Å². The first-order chi connectivity index (χ1) is 10.1. The largest absolute Gasteiger partial charge is 0.461 e. The number of hydrogen-bond acceptors (Lipinski definition) is 4. The molecule has 1 aliphatic heterocycles. The van der Waals surface area contributed by atoms with Gasteiger partial charge >= 0.3 is 5.97 Å². The maximum absolute atomic E-state index is 11.9. The molecule has 0 saturated carbocycles. The molecule has 0 spiro atoms. The van der Waals surface area contributed by atoms with Gasteiger partial charge in [-0.25, -0.2) is 9.78 Å². The first-order valence-electron chi connectivity index (χ1n) is 6.76. The molecule has 1 aliphatic rings. The van der Waals surface area contributed by atoms with Crippen molar-refractivity contribution < 1.29 is 14.3 Å². The molecule has 0 fully saturated rings. The molecule has 0 bridgehead atoms. The number of benzene rings is 1. The van der Waals surface area contributed by atoms with Crippen LogP contribution < -0.4 is 5.32 Å². The summed E-state index contributed by atoms with van der Waals surface area (Å²) in [6, 6.07) is 5.59. The summed E-state index contributed by atoms with van der Waals surface area (Å²) in [6.07, 6.45) is 0. The highest BCUT2D eigenvalue weighted by molar-refractivity contribution is 6.04. The molecule has 2 N–H and O–H groups in total. The van der Waals surface area contributed by atoms with E-state index in [1.54, 1.807) is 13.8 Å². The summed E-state index contributed by atoms with van der Waals surface area (Å²) in [5.74, 6) is -0.0775. The van der Waals surface area contributed by atoms with Crippen LogP contribution in [0.15, 0.2) is 18.2 Å². The third kappa shape index (κ3) is 2.18. The van der Waals surface area contributed by atoms with Gasteiger partial charge in [-0.15, -0.1) is 0 Å². The van der Waals surface area contributed by atoms with Crippen molar-refractivity contribution >= 4 is 11.9 Å². The number of nitrogens with zero attached hydrogens (tertiary/aromatic N) is 1. The zero-order valence-corrected chi connectivity index (χ0v) is 11.8. The Morgan fingerprint density at radius 3 is 3.00 bits per heavy atom. The summed E-state index contributed by atoms with van der Waals surface area (Å²) in [4.78, 5) is 31.1. The Morgan fingerprint density at radius 1 is 1.43 bits per heavy atom. The maximum Gasteiger partial charge on any atom is 0.358 e. The lowest BCUT2D eigenvalue weighted by molar-refractivity contribution is 0.0519. The Hall–Kier alpha value is -2.63. The maximum atomic E-state index is 11.9. The summed E-state index contributed by atoms with van der Waals surface area (Å²) in [5.41, 5.74) is 3.12. The van der Waals surface area contributed by atoms with Gasteiger partial charge in [0.2, 0.25) is 0 Å². The first-order valence-corrected chi connectivity index (χ1v) is 6.76. The molecular weight excluding hydrogens is 270 g/mol. The Balaban J connectivity index is 2.07. The van der Waals surface area contributed by atoms with E-state index in [-0.39, 0.29) is 11.6 Å². The highest BCUT2D eigenvalue weighted by Crippen LogP contribution is 2.28. The summed E-state index contributed by atoms with van der Waals surface area (Å²) in [7, 11) is 0. The molecule has 1 amide bonds. The molecule has 1 aromatic carbocycles. The molecule has 0 unspecified atom stereocenters. The van der Waals surface area contributed by atoms with Gasteiger partial charge < -0.3 is 15.0 Å². The number of carbonyl (C=O) groups excluding carboxylic acids is 2. The fourth-order valence-corrected chi connectivity index (χ4v) is 2.46. The molecule has 0 radical (unpaired) electrons. The van der Waals surface area contributed by atoms with Crippen molar-refractivity contribution in [2.75, 3.05) is 6.61 Å². The van der Waals surface area contributed by atoms with Crippen LogP contribution in [0.4, 0.5) is 0 Å². The first kappa shape index (κ1) is 13.4. The number of amides is 1. The van der Waals surface area contributed by atoms with Crippen LogP contribution in [-0.2, 0) is 11.3 Å². The van der Waals surface area contributed by atoms with Crippen LogP contribution in [0.2, 0.25) is 0 Å². The molecule has 3 rings (SSSR count). The number of aryl methyl sites for hydroxylation is 1. The van der Waals surface area contributed by atoms with Crippen molar-refractivity contribution in [3.05, 3.63) is 40.7 Å². The van der Waals surface area contributed by atoms with Crippen LogP contribution in [0.25, 0.3) is 11.4 Å². The van der Waals surface area contributed by atoms with E-state index in [2.05, 4.69) is 15.3 Å². The van der Waals surface area contributed by atoms with E-state index in [1.165, 1.54) is 0 Å². The Kier molecular flexibility index (Phi) is 3.21. The molecule has 1 aromatic heterocycles. The SMILES string of the molecule is CCOC(=O)c1nc(-c2cccc3c2C(=O)NC3)[nH]c1C. The number of hydrogen-bond donors (Lipinski definition) is 2. The number of esters is 1. The molecule has 0 atom stereocenters. The quantitative estimate of drug-likeness (QED) is 0.842. The van der Waals surface area contributed by atoms with E-state index in [9.17, 15) is 9.59 Å². The minimum Gasteiger partial charge on any atom is -0.461 e. The van der Waals surface area contributed by atoms with Gasteiger partial charge in [0.15, 0.2) is 5.69 Å². The molecule has 0 aliphatic carbocycles. The van der Waals surface area contributed by atoms with Crippen molar-refractivity contribution in [3.8, 4) is 11.4 Å². The number of aromatic amines is 1. The fraction of sp³-hybridized carbons (Fsp3) is 0.267. The normalized spacial score (nSPS) is 13.0. The van der Waals surface area contributed by atoms with Crippen LogP contribution in [0.5, 0.6) is 0 Å². The van der Waals surface area contributed by atoms with Crippen LogP contribution in [0.1, 0.15) is 39.0 Å². The lowest BCUT2D eigenvalue weighted by Crippen LogP contribution is -2.13. The van der Waals surface area contributed by atoms with Crippen LogP contribution in [0.3, 0.4) is 0 Å². The molecular formula is C15H15N3O3. The number of fused-ring (bicyclic) bond motifs is 1. The molecule has 2 heterocycles. The standard InChI is InChI=1S/C15H15N3O3/c1-3-21-15(20)12-8(2)17-13(18-12)10-6-4-5-9-7-16-14(19)11(9)10/h4-6H,3,7H2,1-2H3,(H,16,19)(H,17,18). The molecule has 0 saturated heterocycles. The number of aromatic nitrogens is 2. The number of H-pyrrole nitrogens is 1. The van der Waals surface area contributed by atoms with Gasteiger partial charge in [0, 0.05) is 17.8 Å². The fourth-order valence-electron chi connectivity index (χ4n) is 2.46. The summed E-state index contributed by atoms with van der Waals surface area (Å²) >= 11 is 0. The topological polar surface area (TPSA) is 84.1 Å². The van der Waals surface area contributed by atoms with Crippen molar-refractivity contribution in [2.24, 2.45) is 0 Å². The Morgan fingerprint density at radius 2 is 2.24 bits per heavy atom. The number of ether oxygens (including phenoxy) is 1. The average molecular weight is 285 g/mol. The van der Waals surface area contributed by atoms with Gasteiger partial charge in [-0.3, -0.25) is 4.79 Å². The molecule has 6 nitrogen and oxygen atoms in total. The number of carbonyl (C=O) groups is 2. The van der Waals surface area contributed by atoms with Crippen LogP contribution in [-0.4, -0.2) is 28.5 Å². The number of imidazole rings is 1. The van der Waals surface area contributed by atoms with Crippen LogP contribution in [0, 0.1) is 6.92 Å². The monoisotopic (exact) mass is 285 g/mol. The third-order valence-electron chi connectivity index (χ3n) is 3.43. The molecule has 6 heteroatoms. The predicted octanol–water partition coefficient (Wildman–Crippen LogP) is 1.81. The minimum absolute atomic E-state index is 0.118. The Bertz CT molecular complexity index is 734. The van der Waals surface area contributed by atoms with E-state index in [0.717, 1.165) is 5.56 Å². The lowest BCUT2D eigenvalue weighted by atomic mass is 10.0. The van der Waals surface area contributed by atoms with E-state index in [1.807, 2.05) is 18.2 Å². The number of rotatable bonds is 3. The number of nitrogens with one attached hydrogen (secondary N) is 2. The summed E-state index contributed by atoms with van der Waals surface area (Å²) < 4.78 is 4.97. The van der Waals surface area contributed by atoms with E-state index < -0.39 is 5.97 Å². The van der Waals surface area contributed by atoms with Crippen molar-refractivity contribution in [3.63, 3.8) is 0 Å². The molecule has 21 heavy (non-hydrogen) atoms. The second kappa shape index (κ2) is 5.05. The second-order valence-electron chi connectivity index (χ2n) is 4.80. The minimum atomic E-state index is -0.463. The van der Waals surface area contributed by atoms with Gasteiger partial charge in [-0.1, -0.05) is 18.2 Å². The van der Waals surface area contributed by atoms with E-state index in [4.69, 9.17) is 4.74 Å². The van der Waals surface area contributed by atoms with Gasteiger partial charge in [-0.05, 0) is 19.4 Å². The second-order valence-corrected chi connectivity index (χ2v) is 4.80. The smallest absolute Gasteiger partial charge is 0.358 e. The summed E-state index contributed by atoms with van der Waals surface area (Å²) in [6.45, 7) is 4.32.